The van der Waals surface area contributed by atoms with Crippen LogP contribution in [0.15, 0.2) is 24.4 Å². The molecule has 6 heteroatoms. The number of anilines is 1. The van der Waals surface area contributed by atoms with Crippen LogP contribution in [0.4, 0.5) is 5.82 Å². The van der Waals surface area contributed by atoms with Crippen molar-refractivity contribution in [3.63, 3.8) is 0 Å². The summed E-state index contributed by atoms with van der Waals surface area (Å²) in [5.74, 6) is -0.508. The van der Waals surface area contributed by atoms with Gasteiger partial charge in [0.1, 0.15) is 5.65 Å². The van der Waals surface area contributed by atoms with Crippen LogP contribution in [0, 0.1) is 0 Å². The molecule has 6 nitrogen and oxygen atoms in total. The molecule has 2 N–H and O–H groups in total. The van der Waals surface area contributed by atoms with Crippen LogP contribution in [0.25, 0.3) is 5.65 Å². The van der Waals surface area contributed by atoms with Crippen molar-refractivity contribution in [3.05, 3.63) is 30.1 Å². The number of fused-ring (bicyclic) bond motifs is 1. The van der Waals surface area contributed by atoms with Gasteiger partial charge in [0.2, 0.25) is 0 Å². The van der Waals surface area contributed by atoms with Crippen molar-refractivity contribution in [1.29, 1.82) is 0 Å². The molecule has 1 saturated heterocycles. The average Bonchev–Trinajstić information content (AvgIpc) is 3.08. The Labute approximate surface area is 123 Å². The fourth-order valence-electron chi connectivity index (χ4n) is 3.08. The molecule has 0 saturated carbocycles. The topological polar surface area (TPSA) is 69.9 Å². The minimum Gasteiger partial charge on any atom is -0.476 e. The van der Waals surface area contributed by atoms with Crippen LogP contribution in [-0.4, -0.2) is 51.0 Å². The Morgan fingerprint density at radius 3 is 3.14 bits per heavy atom. The molecule has 1 atom stereocenters. The lowest BCUT2D eigenvalue weighted by Crippen LogP contribution is -2.34. The quantitative estimate of drug-likeness (QED) is 0.879. The van der Waals surface area contributed by atoms with E-state index in [-0.39, 0.29) is 5.69 Å². The maximum atomic E-state index is 11.5. The first-order valence-electron chi connectivity index (χ1n) is 7.39. The Bertz CT molecular complexity index is 652. The van der Waals surface area contributed by atoms with Gasteiger partial charge in [0, 0.05) is 18.8 Å². The second kappa shape index (κ2) is 5.73. The third-order valence-corrected chi connectivity index (χ3v) is 4.14. The van der Waals surface area contributed by atoms with Crippen LogP contribution in [0.2, 0.25) is 0 Å². The van der Waals surface area contributed by atoms with E-state index in [2.05, 4.69) is 22.1 Å². The van der Waals surface area contributed by atoms with Crippen molar-refractivity contribution in [1.82, 2.24) is 14.3 Å². The van der Waals surface area contributed by atoms with E-state index in [4.69, 9.17) is 0 Å². The van der Waals surface area contributed by atoms with Crippen LogP contribution < -0.4 is 5.32 Å². The van der Waals surface area contributed by atoms with Crippen LogP contribution in [-0.2, 0) is 0 Å². The number of carbonyl (C=O) groups is 1. The molecule has 0 radical (unpaired) electrons. The first-order chi connectivity index (χ1) is 10.2. The number of hydrogen-bond donors (Lipinski definition) is 2. The minimum absolute atomic E-state index is 0.201. The van der Waals surface area contributed by atoms with Gasteiger partial charge in [0.25, 0.3) is 0 Å². The molecule has 0 amide bonds. The Hall–Kier alpha value is -2.08. The molecule has 21 heavy (non-hydrogen) atoms. The molecule has 0 aromatic carbocycles. The summed E-state index contributed by atoms with van der Waals surface area (Å²) in [4.78, 5) is 18.3. The average molecular weight is 288 g/mol. The van der Waals surface area contributed by atoms with E-state index in [9.17, 15) is 9.90 Å². The molecule has 2 aromatic heterocycles. The van der Waals surface area contributed by atoms with Gasteiger partial charge in [-0.3, -0.25) is 9.30 Å². The normalized spacial score (nSPS) is 19.2. The highest BCUT2D eigenvalue weighted by Crippen LogP contribution is 2.20. The van der Waals surface area contributed by atoms with Crippen LogP contribution in [0.3, 0.4) is 0 Å². The number of imidazole rings is 1. The molecule has 0 aliphatic carbocycles. The maximum Gasteiger partial charge on any atom is 0.356 e. The molecule has 0 bridgehead atoms. The number of aromatic carboxylic acids is 1. The van der Waals surface area contributed by atoms with E-state index in [1.54, 1.807) is 16.7 Å². The number of likely N-dealkylation sites (N-methyl/N-ethyl adjacent to an activating group) is 1. The van der Waals surface area contributed by atoms with Crippen LogP contribution in [0.5, 0.6) is 0 Å². The third-order valence-electron chi connectivity index (χ3n) is 4.14. The Kier molecular flexibility index (Phi) is 3.79. The predicted molar refractivity (Wildman–Crippen MR) is 80.9 cm³/mol. The van der Waals surface area contributed by atoms with E-state index >= 15 is 0 Å². The van der Waals surface area contributed by atoms with E-state index in [0.717, 1.165) is 26.1 Å². The molecule has 2 aromatic rings. The molecule has 1 fully saturated rings. The largest absolute Gasteiger partial charge is 0.476 e. The standard InChI is InChI=1S/C15H20N4O2/c1-2-18-8-5-6-11(18)10-16-14-13(15(20)21)19-9-4-3-7-12(19)17-14/h3-4,7,9,11,16H,2,5-6,8,10H2,1H3,(H,20,21). The summed E-state index contributed by atoms with van der Waals surface area (Å²) < 4.78 is 1.61. The zero-order valence-electron chi connectivity index (χ0n) is 12.1. The van der Waals surface area contributed by atoms with Crippen molar-refractivity contribution in [3.8, 4) is 0 Å². The third kappa shape index (κ3) is 2.58. The lowest BCUT2D eigenvalue weighted by atomic mass is 10.2. The number of carboxylic acid groups (broad SMARTS) is 1. The molecular weight excluding hydrogens is 268 g/mol. The van der Waals surface area contributed by atoms with Gasteiger partial charge in [0.05, 0.1) is 0 Å². The van der Waals surface area contributed by atoms with Crippen molar-refractivity contribution in [2.75, 3.05) is 25.0 Å². The number of carboxylic acids is 1. The monoisotopic (exact) mass is 288 g/mol. The molecule has 1 unspecified atom stereocenters. The molecule has 1 aliphatic rings. The minimum atomic E-state index is -0.963. The van der Waals surface area contributed by atoms with Crippen LogP contribution in [0.1, 0.15) is 30.3 Å². The Morgan fingerprint density at radius 1 is 1.52 bits per heavy atom. The molecular formula is C15H20N4O2. The zero-order chi connectivity index (χ0) is 14.8. The maximum absolute atomic E-state index is 11.5. The fourth-order valence-corrected chi connectivity index (χ4v) is 3.08. The second-order valence-electron chi connectivity index (χ2n) is 5.35. The molecule has 0 spiro atoms. The first-order valence-corrected chi connectivity index (χ1v) is 7.39. The van der Waals surface area contributed by atoms with Gasteiger partial charge < -0.3 is 10.4 Å². The van der Waals surface area contributed by atoms with Crippen molar-refractivity contribution >= 4 is 17.4 Å². The van der Waals surface area contributed by atoms with E-state index in [1.807, 2.05) is 12.1 Å². The van der Waals surface area contributed by atoms with Gasteiger partial charge >= 0.3 is 5.97 Å². The summed E-state index contributed by atoms with van der Waals surface area (Å²) in [6, 6.07) is 5.93. The number of nitrogens with one attached hydrogen (secondary N) is 1. The highest BCUT2D eigenvalue weighted by Gasteiger charge is 2.24. The Morgan fingerprint density at radius 2 is 2.38 bits per heavy atom. The fraction of sp³-hybridized carbons (Fsp3) is 0.467. The van der Waals surface area contributed by atoms with Gasteiger partial charge in [-0.25, -0.2) is 9.78 Å². The van der Waals surface area contributed by atoms with Gasteiger partial charge in [-0.15, -0.1) is 0 Å². The molecule has 3 rings (SSSR count). The number of rotatable bonds is 5. The summed E-state index contributed by atoms with van der Waals surface area (Å²) in [6.07, 6.45) is 4.08. The highest BCUT2D eigenvalue weighted by molar-refractivity contribution is 5.92. The zero-order valence-corrected chi connectivity index (χ0v) is 12.1. The first kappa shape index (κ1) is 13.9. The summed E-state index contributed by atoms with van der Waals surface area (Å²) in [5, 5.41) is 12.7. The molecule has 3 heterocycles. The van der Waals surface area contributed by atoms with Crippen molar-refractivity contribution in [2.24, 2.45) is 0 Å². The summed E-state index contributed by atoms with van der Waals surface area (Å²) in [6.45, 7) is 5.05. The number of hydrogen-bond acceptors (Lipinski definition) is 4. The molecule has 1 aliphatic heterocycles. The predicted octanol–water partition coefficient (Wildman–Crippen LogP) is 1.93. The van der Waals surface area contributed by atoms with Crippen LogP contribution >= 0.6 is 0 Å². The van der Waals surface area contributed by atoms with Gasteiger partial charge in [-0.05, 0) is 38.1 Å². The highest BCUT2D eigenvalue weighted by atomic mass is 16.4. The van der Waals surface area contributed by atoms with Gasteiger partial charge in [-0.1, -0.05) is 13.0 Å². The van der Waals surface area contributed by atoms with Gasteiger partial charge in [0.15, 0.2) is 11.5 Å². The van der Waals surface area contributed by atoms with E-state index in [0.29, 0.717) is 17.5 Å². The number of nitrogens with zero attached hydrogens (tertiary/aromatic N) is 3. The number of aromatic nitrogens is 2. The number of pyridine rings is 1. The molecule has 112 valence electrons. The van der Waals surface area contributed by atoms with Crippen molar-refractivity contribution in [2.45, 2.75) is 25.8 Å². The summed E-state index contributed by atoms with van der Waals surface area (Å²) >= 11 is 0. The van der Waals surface area contributed by atoms with Gasteiger partial charge in [-0.2, -0.15) is 0 Å². The second-order valence-corrected chi connectivity index (χ2v) is 5.35. The van der Waals surface area contributed by atoms with Crippen molar-refractivity contribution < 1.29 is 9.90 Å². The van der Waals surface area contributed by atoms with E-state index < -0.39 is 5.97 Å². The lowest BCUT2D eigenvalue weighted by molar-refractivity contribution is 0.0690. The smallest absolute Gasteiger partial charge is 0.356 e. The lowest BCUT2D eigenvalue weighted by Gasteiger charge is -2.22. The summed E-state index contributed by atoms with van der Waals surface area (Å²) in [5.41, 5.74) is 0.850. The van der Waals surface area contributed by atoms with E-state index in [1.165, 1.54) is 6.42 Å². The number of likely N-dealkylation sites (tertiary alicyclic amines) is 1. The summed E-state index contributed by atoms with van der Waals surface area (Å²) in [7, 11) is 0. The Balaban J connectivity index is 1.83. The SMILES string of the molecule is CCN1CCCC1CNc1nc2ccccn2c1C(=O)O.